The van der Waals surface area contributed by atoms with Crippen LogP contribution in [0.2, 0.25) is 0 Å². The van der Waals surface area contributed by atoms with Gasteiger partial charge in [0.1, 0.15) is 0 Å². The first-order valence-corrected chi connectivity index (χ1v) is 11.3. The summed E-state index contributed by atoms with van der Waals surface area (Å²) in [7, 11) is -3.72. The van der Waals surface area contributed by atoms with Gasteiger partial charge in [-0.1, -0.05) is 0 Å². The number of hydrogen-bond acceptors (Lipinski definition) is 6. The van der Waals surface area contributed by atoms with E-state index in [9.17, 15) is 18.0 Å². The molecule has 0 unspecified atom stereocenters. The molecule has 28 heavy (non-hydrogen) atoms. The third-order valence-electron chi connectivity index (χ3n) is 4.71. The van der Waals surface area contributed by atoms with Crippen LogP contribution < -0.4 is 5.32 Å². The molecule has 1 fully saturated rings. The van der Waals surface area contributed by atoms with Crippen molar-refractivity contribution in [3.63, 3.8) is 0 Å². The number of amides is 2. The van der Waals surface area contributed by atoms with E-state index in [0.29, 0.717) is 17.9 Å². The Hall–Kier alpha value is -2.30. The number of carbonyl (C=O) groups is 2. The fourth-order valence-electron chi connectivity index (χ4n) is 3.20. The molecule has 0 bridgehead atoms. The van der Waals surface area contributed by atoms with Crippen LogP contribution in [-0.4, -0.2) is 61.4 Å². The monoisotopic (exact) mass is 421 g/mol. The maximum Gasteiger partial charge on any atom is 0.289 e. The van der Waals surface area contributed by atoms with E-state index >= 15 is 0 Å². The highest BCUT2D eigenvalue weighted by Crippen LogP contribution is 2.33. The molecule has 2 amide bonds. The van der Waals surface area contributed by atoms with Crippen molar-refractivity contribution in [3.8, 4) is 0 Å². The lowest BCUT2D eigenvalue weighted by Crippen LogP contribution is -2.50. The van der Waals surface area contributed by atoms with E-state index in [-0.39, 0.29) is 48.6 Å². The van der Waals surface area contributed by atoms with E-state index in [1.807, 2.05) is 0 Å². The maximum atomic E-state index is 13.0. The number of piperazine rings is 1. The zero-order chi connectivity index (χ0) is 19.7. The molecule has 2 aliphatic rings. The number of carbonyl (C=O) groups excluding carboxylic acids is 2. The van der Waals surface area contributed by atoms with E-state index in [1.165, 1.54) is 28.4 Å². The molecule has 1 saturated heterocycles. The second-order valence-electron chi connectivity index (χ2n) is 6.48. The highest BCUT2D eigenvalue weighted by Gasteiger charge is 2.31. The van der Waals surface area contributed by atoms with Crippen molar-refractivity contribution in [2.45, 2.75) is 16.2 Å². The van der Waals surface area contributed by atoms with Crippen LogP contribution in [0.1, 0.15) is 17.0 Å². The molecule has 2 aliphatic heterocycles. The minimum atomic E-state index is -3.72. The lowest BCUT2D eigenvalue weighted by molar-refractivity contribution is -0.115. The van der Waals surface area contributed by atoms with E-state index in [0.717, 1.165) is 4.90 Å². The third kappa shape index (κ3) is 3.67. The first-order chi connectivity index (χ1) is 13.4. The summed E-state index contributed by atoms with van der Waals surface area (Å²) in [5, 5.41) is 2.77. The number of sulfonamides is 1. The highest BCUT2D eigenvalue weighted by atomic mass is 32.2. The molecule has 8 nitrogen and oxygen atoms in total. The Morgan fingerprint density at radius 1 is 1.14 bits per heavy atom. The first kappa shape index (κ1) is 19.0. The van der Waals surface area contributed by atoms with Gasteiger partial charge in [-0.25, -0.2) is 8.42 Å². The maximum absolute atomic E-state index is 13.0. The van der Waals surface area contributed by atoms with Crippen molar-refractivity contribution >= 4 is 39.3 Å². The fourth-order valence-corrected chi connectivity index (χ4v) is 5.58. The topological polar surface area (TPSA) is 99.9 Å². The SMILES string of the molecule is O=C1CCSc2ccc(S(=O)(=O)N3CCN(C(=O)c4ccco4)CC3)cc2N1. The molecule has 0 radical (unpaired) electrons. The molecular weight excluding hydrogens is 402 g/mol. The Morgan fingerprint density at radius 3 is 2.64 bits per heavy atom. The lowest BCUT2D eigenvalue weighted by atomic mass is 10.3. The van der Waals surface area contributed by atoms with Crippen molar-refractivity contribution in [2.75, 3.05) is 37.2 Å². The van der Waals surface area contributed by atoms with E-state index < -0.39 is 10.0 Å². The highest BCUT2D eigenvalue weighted by molar-refractivity contribution is 7.99. The van der Waals surface area contributed by atoms with Crippen LogP contribution in [0.4, 0.5) is 5.69 Å². The fraction of sp³-hybridized carbons (Fsp3) is 0.333. The molecule has 1 N–H and O–H groups in total. The van der Waals surface area contributed by atoms with Crippen LogP contribution in [0.25, 0.3) is 0 Å². The number of thioether (sulfide) groups is 1. The number of nitrogens with zero attached hydrogens (tertiary/aromatic N) is 2. The number of nitrogens with one attached hydrogen (secondary N) is 1. The van der Waals surface area contributed by atoms with Gasteiger partial charge in [0, 0.05) is 43.2 Å². The standard InChI is InChI=1S/C18H19N3O5S2/c22-17-5-11-27-16-4-3-13(12-14(16)19-17)28(24,25)21-8-6-20(7-9-21)18(23)15-2-1-10-26-15/h1-4,10,12H,5-9,11H2,(H,19,22). The predicted octanol–water partition coefficient (Wildman–Crippen LogP) is 1.86. The van der Waals surface area contributed by atoms with Crippen molar-refractivity contribution in [1.82, 2.24) is 9.21 Å². The molecule has 2 aromatic rings. The quantitative estimate of drug-likeness (QED) is 0.812. The Labute approximate surface area is 166 Å². The van der Waals surface area contributed by atoms with Crippen LogP contribution in [-0.2, 0) is 14.8 Å². The first-order valence-electron chi connectivity index (χ1n) is 8.85. The van der Waals surface area contributed by atoms with Crippen LogP contribution >= 0.6 is 11.8 Å². The van der Waals surface area contributed by atoms with Gasteiger partial charge >= 0.3 is 0 Å². The summed E-state index contributed by atoms with van der Waals surface area (Å²) >= 11 is 1.53. The van der Waals surface area contributed by atoms with Gasteiger partial charge in [-0.2, -0.15) is 4.31 Å². The number of rotatable bonds is 3. The molecule has 0 spiro atoms. The van der Waals surface area contributed by atoms with E-state index in [2.05, 4.69) is 5.32 Å². The van der Waals surface area contributed by atoms with Crippen molar-refractivity contribution in [2.24, 2.45) is 0 Å². The summed E-state index contributed by atoms with van der Waals surface area (Å²) in [6, 6.07) is 8.05. The van der Waals surface area contributed by atoms with Gasteiger partial charge < -0.3 is 14.6 Å². The molecule has 4 rings (SSSR count). The number of fused-ring (bicyclic) bond motifs is 1. The van der Waals surface area contributed by atoms with Crippen LogP contribution in [0.5, 0.6) is 0 Å². The van der Waals surface area contributed by atoms with Gasteiger partial charge in [-0.15, -0.1) is 11.8 Å². The second-order valence-corrected chi connectivity index (χ2v) is 9.55. The zero-order valence-corrected chi connectivity index (χ0v) is 16.6. The van der Waals surface area contributed by atoms with Gasteiger partial charge in [0.25, 0.3) is 5.91 Å². The molecule has 1 aromatic heterocycles. The van der Waals surface area contributed by atoms with Crippen LogP contribution in [0.3, 0.4) is 0 Å². The molecular formula is C18H19N3O5S2. The summed E-state index contributed by atoms with van der Waals surface area (Å²) in [5.41, 5.74) is 0.528. The largest absolute Gasteiger partial charge is 0.459 e. The van der Waals surface area contributed by atoms with Gasteiger partial charge in [-0.05, 0) is 30.3 Å². The number of hydrogen-bond donors (Lipinski definition) is 1. The number of furan rings is 1. The third-order valence-corrected chi connectivity index (χ3v) is 7.68. The average Bonchev–Trinajstić information content (AvgIpc) is 3.16. The Balaban J connectivity index is 1.49. The molecule has 148 valence electrons. The van der Waals surface area contributed by atoms with Gasteiger partial charge in [0.15, 0.2) is 5.76 Å². The summed E-state index contributed by atoms with van der Waals surface area (Å²) in [4.78, 5) is 26.7. The minimum Gasteiger partial charge on any atom is -0.459 e. The number of benzene rings is 1. The molecule has 0 saturated carbocycles. The smallest absolute Gasteiger partial charge is 0.289 e. The second kappa shape index (κ2) is 7.61. The van der Waals surface area contributed by atoms with E-state index in [1.54, 1.807) is 29.2 Å². The molecule has 3 heterocycles. The minimum absolute atomic E-state index is 0.120. The molecule has 1 aromatic carbocycles. The van der Waals surface area contributed by atoms with Crippen LogP contribution in [0.15, 0.2) is 50.8 Å². The van der Waals surface area contributed by atoms with E-state index in [4.69, 9.17) is 4.42 Å². The van der Waals surface area contributed by atoms with Crippen molar-refractivity contribution in [3.05, 3.63) is 42.4 Å². The Bertz CT molecular complexity index is 996. The summed E-state index contributed by atoms with van der Waals surface area (Å²) in [6.07, 6.45) is 1.83. The predicted molar refractivity (Wildman–Crippen MR) is 104 cm³/mol. The van der Waals surface area contributed by atoms with Crippen molar-refractivity contribution in [1.29, 1.82) is 0 Å². The van der Waals surface area contributed by atoms with Gasteiger partial charge in [0.2, 0.25) is 15.9 Å². The Kier molecular flexibility index (Phi) is 5.17. The summed E-state index contributed by atoms with van der Waals surface area (Å²) < 4.78 is 32.6. The zero-order valence-electron chi connectivity index (χ0n) is 15.0. The molecule has 0 atom stereocenters. The average molecular weight is 422 g/mol. The molecule has 0 aliphatic carbocycles. The van der Waals surface area contributed by atoms with Gasteiger partial charge in [0.05, 0.1) is 16.8 Å². The lowest BCUT2D eigenvalue weighted by Gasteiger charge is -2.33. The van der Waals surface area contributed by atoms with Crippen molar-refractivity contribution < 1.29 is 22.4 Å². The normalized spacial score (nSPS) is 18.3. The van der Waals surface area contributed by atoms with Crippen LogP contribution in [0, 0.1) is 0 Å². The number of anilines is 1. The summed E-state index contributed by atoms with van der Waals surface area (Å²) in [5.74, 6) is 0.546. The summed E-state index contributed by atoms with van der Waals surface area (Å²) in [6.45, 7) is 0.979. The molecule has 10 heteroatoms. The van der Waals surface area contributed by atoms with Gasteiger partial charge in [-0.3, -0.25) is 9.59 Å². The Morgan fingerprint density at radius 2 is 1.93 bits per heavy atom.